The second kappa shape index (κ2) is 11.7. The van der Waals surface area contributed by atoms with Crippen molar-refractivity contribution in [2.24, 2.45) is 0 Å². The Morgan fingerprint density at radius 2 is 1.93 bits per heavy atom. The van der Waals surface area contributed by atoms with E-state index in [0.717, 1.165) is 11.1 Å². The monoisotopic (exact) mass is 600 g/mol. The smallest absolute Gasteiger partial charge is 0.411 e. The van der Waals surface area contributed by atoms with Crippen molar-refractivity contribution < 1.29 is 18.7 Å². The molecule has 0 aliphatic heterocycles. The predicted octanol–water partition coefficient (Wildman–Crippen LogP) is 4.28. The van der Waals surface area contributed by atoms with Crippen LogP contribution in [0.15, 0.2) is 91.9 Å². The van der Waals surface area contributed by atoms with E-state index in [2.05, 4.69) is 35.8 Å². The van der Waals surface area contributed by atoms with Crippen molar-refractivity contribution in [3.63, 3.8) is 0 Å². The number of anilines is 1. The third kappa shape index (κ3) is 5.63. The summed E-state index contributed by atoms with van der Waals surface area (Å²) >= 11 is 6.10. The average Bonchev–Trinajstić information content (AvgIpc) is 3.82. The molecule has 0 unspecified atom stereocenters. The molecule has 1 N–H and O–H groups in total. The largest absolute Gasteiger partial charge is 0.618 e. The first-order valence-corrected chi connectivity index (χ1v) is 13.2. The lowest BCUT2D eigenvalue weighted by molar-refractivity contribution is -0.615. The van der Waals surface area contributed by atoms with Crippen molar-refractivity contribution in [3.05, 3.63) is 114 Å². The number of nitrogens with zero attached hydrogens (tertiary/aromatic N) is 9. The highest BCUT2D eigenvalue weighted by atomic mass is 35.5. The Morgan fingerprint density at radius 1 is 1.12 bits per heavy atom. The number of rotatable bonds is 8. The molecule has 2 aromatic carbocycles. The van der Waals surface area contributed by atoms with E-state index in [1.807, 2.05) is 18.3 Å². The number of ether oxygens (including phenoxy) is 1. The Morgan fingerprint density at radius 3 is 2.63 bits per heavy atom. The Labute approximate surface area is 248 Å². The lowest BCUT2D eigenvalue weighted by Crippen LogP contribution is -2.37. The van der Waals surface area contributed by atoms with Gasteiger partial charge in [-0.3, -0.25) is 14.7 Å². The molecular formula is C28H22ClFN10O3. The second-order valence-electron chi connectivity index (χ2n) is 9.33. The van der Waals surface area contributed by atoms with Gasteiger partial charge in [-0.05, 0) is 52.4 Å². The number of hydrogen-bond donors (Lipinski definition) is 1. The van der Waals surface area contributed by atoms with Gasteiger partial charge in [-0.1, -0.05) is 23.7 Å². The van der Waals surface area contributed by atoms with Crippen LogP contribution in [0.3, 0.4) is 0 Å². The predicted molar refractivity (Wildman–Crippen MR) is 153 cm³/mol. The molecule has 1 amide bonds. The van der Waals surface area contributed by atoms with Crippen LogP contribution in [-0.2, 0) is 11.3 Å². The number of benzene rings is 2. The fourth-order valence-corrected chi connectivity index (χ4v) is 4.80. The van der Waals surface area contributed by atoms with Crippen molar-refractivity contribution in [3.8, 4) is 27.9 Å². The summed E-state index contributed by atoms with van der Waals surface area (Å²) in [7, 11) is 1.29. The number of amides is 1. The highest BCUT2D eigenvalue weighted by molar-refractivity contribution is 6.31. The van der Waals surface area contributed by atoms with Gasteiger partial charge in [-0.2, -0.15) is 19.6 Å². The molecule has 43 heavy (non-hydrogen) atoms. The zero-order chi connectivity index (χ0) is 29.9. The minimum Gasteiger partial charge on any atom is -0.618 e. The molecular weight excluding hydrogens is 579 g/mol. The number of methoxy groups -OCH3 is 1. The standard InChI is InChI=1S/C28H22ClFN10O3/c1-43-28(41)34-21-6-3-18(4-7-21)20-13-33-38(14-20)25(16-37-12-2-11-32-37)23-9-5-19(15-40(23)42)26-24(39-17-31-35-36-39)10-8-22(29)27(26)30/h2-15,17,25H,16H2,1H3,(H,34,41)/t25-/m1/s1. The summed E-state index contributed by atoms with van der Waals surface area (Å²) in [5.41, 5.74) is 3.23. The number of pyridine rings is 1. The quantitative estimate of drug-likeness (QED) is 0.201. The van der Waals surface area contributed by atoms with Gasteiger partial charge < -0.3 is 9.94 Å². The average molecular weight is 601 g/mol. The minimum absolute atomic E-state index is 0.0751. The number of tetrazole rings is 1. The first-order chi connectivity index (χ1) is 20.9. The summed E-state index contributed by atoms with van der Waals surface area (Å²) in [6.07, 6.45) is 8.97. The first kappa shape index (κ1) is 27.5. The van der Waals surface area contributed by atoms with Gasteiger partial charge in [0.15, 0.2) is 18.1 Å². The van der Waals surface area contributed by atoms with E-state index in [1.54, 1.807) is 64.4 Å². The second-order valence-corrected chi connectivity index (χ2v) is 9.73. The van der Waals surface area contributed by atoms with E-state index < -0.39 is 18.0 Å². The highest BCUT2D eigenvalue weighted by Gasteiger charge is 2.26. The van der Waals surface area contributed by atoms with E-state index >= 15 is 4.39 Å². The number of hydrogen-bond acceptors (Lipinski definition) is 8. The summed E-state index contributed by atoms with van der Waals surface area (Å²) in [5.74, 6) is -0.708. The Hall–Kier alpha value is -5.63. The van der Waals surface area contributed by atoms with E-state index in [4.69, 9.17) is 11.6 Å². The Kier molecular flexibility index (Phi) is 7.49. The van der Waals surface area contributed by atoms with Gasteiger partial charge in [0, 0.05) is 35.9 Å². The van der Waals surface area contributed by atoms with Crippen LogP contribution >= 0.6 is 11.6 Å². The van der Waals surface area contributed by atoms with Gasteiger partial charge in [-0.15, -0.1) is 5.10 Å². The first-order valence-electron chi connectivity index (χ1n) is 12.8. The van der Waals surface area contributed by atoms with Crippen LogP contribution in [-0.4, -0.2) is 53.0 Å². The van der Waals surface area contributed by atoms with Crippen LogP contribution in [0.1, 0.15) is 11.7 Å². The van der Waals surface area contributed by atoms with Gasteiger partial charge >= 0.3 is 6.09 Å². The molecule has 0 aliphatic carbocycles. The van der Waals surface area contributed by atoms with Gasteiger partial charge in [-0.25, -0.2) is 9.18 Å². The molecule has 0 saturated heterocycles. The SMILES string of the molecule is COC(=O)Nc1ccc(-c2cnn([C@H](Cn3cccn3)c3ccc(-c4c(-n5cnnn5)ccc(Cl)c4F)c[n+]3[O-])c2)cc1. The molecule has 0 bridgehead atoms. The Balaban J connectivity index is 1.36. The third-order valence-corrected chi connectivity index (χ3v) is 7.03. The van der Waals surface area contributed by atoms with Crippen LogP contribution in [0.2, 0.25) is 5.02 Å². The molecule has 0 saturated carbocycles. The molecule has 216 valence electrons. The van der Waals surface area contributed by atoms with Crippen molar-refractivity contribution in [1.82, 2.24) is 39.8 Å². The van der Waals surface area contributed by atoms with Crippen LogP contribution in [0.4, 0.5) is 14.9 Å². The van der Waals surface area contributed by atoms with Crippen LogP contribution < -0.4 is 10.0 Å². The maximum absolute atomic E-state index is 15.3. The van der Waals surface area contributed by atoms with E-state index in [0.29, 0.717) is 28.3 Å². The summed E-state index contributed by atoms with van der Waals surface area (Å²) < 4.78 is 25.3. The summed E-state index contributed by atoms with van der Waals surface area (Å²) in [5, 5.41) is 36.0. The molecule has 6 aromatic rings. The molecule has 4 aromatic heterocycles. The number of carbonyl (C=O) groups is 1. The van der Waals surface area contributed by atoms with Crippen LogP contribution in [0.5, 0.6) is 0 Å². The molecule has 0 fully saturated rings. The maximum Gasteiger partial charge on any atom is 0.411 e. The fraction of sp³-hybridized carbons (Fsp3) is 0.107. The van der Waals surface area contributed by atoms with Crippen molar-refractivity contribution in [2.45, 2.75) is 12.6 Å². The molecule has 4 heterocycles. The molecule has 13 nitrogen and oxygen atoms in total. The summed E-state index contributed by atoms with van der Waals surface area (Å²) in [6, 6.07) is 14.6. The molecule has 1 atom stereocenters. The highest BCUT2D eigenvalue weighted by Crippen LogP contribution is 2.33. The zero-order valence-electron chi connectivity index (χ0n) is 22.5. The molecule has 0 spiro atoms. The van der Waals surface area contributed by atoms with E-state index in [1.165, 1.54) is 30.4 Å². The lowest BCUT2D eigenvalue weighted by Gasteiger charge is -2.18. The lowest BCUT2D eigenvalue weighted by atomic mass is 10.0. The normalized spacial score (nSPS) is 11.8. The number of halogens is 2. The topological polar surface area (TPSA) is 145 Å². The summed E-state index contributed by atoms with van der Waals surface area (Å²) in [4.78, 5) is 11.5. The van der Waals surface area contributed by atoms with Crippen molar-refractivity contribution >= 4 is 23.4 Å². The number of carbonyl (C=O) groups excluding carboxylic acids is 1. The number of aromatic nitrogens is 9. The summed E-state index contributed by atoms with van der Waals surface area (Å²) in [6.45, 7) is 0.291. The van der Waals surface area contributed by atoms with Crippen molar-refractivity contribution in [1.29, 1.82) is 0 Å². The van der Waals surface area contributed by atoms with Crippen LogP contribution in [0.25, 0.3) is 27.9 Å². The van der Waals surface area contributed by atoms with E-state index in [9.17, 15) is 10.0 Å². The maximum atomic E-state index is 15.3. The van der Waals surface area contributed by atoms with E-state index in [-0.39, 0.29) is 16.1 Å². The van der Waals surface area contributed by atoms with Crippen molar-refractivity contribution in [2.75, 3.05) is 12.4 Å². The van der Waals surface area contributed by atoms with Gasteiger partial charge in [0.25, 0.3) is 0 Å². The number of nitrogens with one attached hydrogen (secondary N) is 1. The van der Waals surface area contributed by atoms with Crippen LogP contribution in [0, 0.1) is 11.0 Å². The zero-order valence-corrected chi connectivity index (χ0v) is 23.2. The molecule has 0 radical (unpaired) electrons. The molecule has 15 heteroatoms. The Bertz CT molecular complexity index is 1880. The van der Waals surface area contributed by atoms with Gasteiger partial charge in [0.05, 0.1) is 41.7 Å². The van der Waals surface area contributed by atoms with Gasteiger partial charge in [0.2, 0.25) is 5.69 Å². The third-order valence-electron chi connectivity index (χ3n) is 6.73. The molecule has 6 rings (SSSR count). The van der Waals surface area contributed by atoms with Gasteiger partial charge in [0.1, 0.15) is 6.33 Å². The molecule has 0 aliphatic rings. The fourth-order valence-electron chi connectivity index (χ4n) is 4.65. The minimum atomic E-state index is -0.708.